The van der Waals surface area contributed by atoms with Crippen LogP contribution in [-0.4, -0.2) is 12.1 Å². The molecule has 0 amide bonds. The van der Waals surface area contributed by atoms with E-state index in [2.05, 4.69) is 33.0 Å². The fraction of sp³-hybridized carbons (Fsp3) is 1.00. The summed E-state index contributed by atoms with van der Waals surface area (Å²) in [6.07, 6.45) is 12.9. The maximum Gasteiger partial charge on any atom is 0.0121 e. The second kappa shape index (κ2) is 6.61. The topological polar surface area (TPSA) is 12.0 Å². The summed E-state index contributed by atoms with van der Waals surface area (Å²) in [6, 6.07) is 1.57. The minimum Gasteiger partial charge on any atom is -0.311 e. The van der Waals surface area contributed by atoms with E-state index in [1.807, 2.05) is 0 Å². The van der Waals surface area contributed by atoms with Crippen LogP contribution in [0.1, 0.15) is 85.5 Å². The number of rotatable bonds is 4. The van der Waals surface area contributed by atoms with Crippen LogP contribution in [0.5, 0.6) is 0 Å². The summed E-state index contributed by atoms with van der Waals surface area (Å²) < 4.78 is 0. The normalized spacial score (nSPS) is 35.5. The van der Waals surface area contributed by atoms with E-state index in [0.717, 1.165) is 23.9 Å². The fourth-order valence-corrected chi connectivity index (χ4v) is 4.41. The third kappa shape index (κ3) is 4.48. The highest BCUT2D eigenvalue weighted by atomic mass is 15.0. The number of hydrogen-bond acceptors (Lipinski definition) is 1. The first-order valence-electron chi connectivity index (χ1n) is 8.73. The highest BCUT2D eigenvalue weighted by molar-refractivity contribution is 4.91. The lowest BCUT2D eigenvalue weighted by Crippen LogP contribution is -2.49. The van der Waals surface area contributed by atoms with E-state index in [-0.39, 0.29) is 0 Å². The molecule has 0 radical (unpaired) electrons. The van der Waals surface area contributed by atoms with Crippen LogP contribution in [0, 0.1) is 17.3 Å². The van der Waals surface area contributed by atoms with Gasteiger partial charge in [-0.2, -0.15) is 0 Å². The molecule has 0 aromatic heterocycles. The highest BCUT2D eigenvalue weighted by Crippen LogP contribution is 2.37. The summed E-state index contributed by atoms with van der Waals surface area (Å²) >= 11 is 0. The SMILES string of the molecule is CC(C)CC1CCCC(NC2CCCCC2(C)C)C1. The molecular formula is C18H35N. The molecule has 3 atom stereocenters. The van der Waals surface area contributed by atoms with Gasteiger partial charge in [-0.15, -0.1) is 0 Å². The van der Waals surface area contributed by atoms with E-state index in [4.69, 9.17) is 0 Å². The molecule has 1 N–H and O–H groups in total. The lowest BCUT2D eigenvalue weighted by molar-refractivity contribution is 0.135. The van der Waals surface area contributed by atoms with E-state index in [0.29, 0.717) is 5.41 Å². The van der Waals surface area contributed by atoms with E-state index in [1.54, 1.807) is 0 Å². The maximum atomic E-state index is 4.05. The van der Waals surface area contributed by atoms with Crippen LogP contribution < -0.4 is 5.32 Å². The summed E-state index contributed by atoms with van der Waals surface area (Å²) in [7, 11) is 0. The lowest BCUT2D eigenvalue weighted by atomic mass is 9.72. The van der Waals surface area contributed by atoms with E-state index >= 15 is 0 Å². The fourth-order valence-electron chi connectivity index (χ4n) is 4.41. The standard InChI is InChI=1S/C18H35N/c1-14(2)12-15-8-7-9-16(13-15)19-17-10-5-6-11-18(17,3)4/h14-17,19H,5-13H2,1-4H3. The molecule has 0 spiro atoms. The molecule has 0 saturated heterocycles. The van der Waals surface area contributed by atoms with Gasteiger partial charge in [0, 0.05) is 12.1 Å². The van der Waals surface area contributed by atoms with Crippen molar-refractivity contribution in [2.45, 2.75) is 97.6 Å². The van der Waals surface area contributed by atoms with Crippen molar-refractivity contribution in [2.75, 3.05) is 0 Å². The molecule has 2 saturated carbocycles. The first-order valence-corrected chi connectivity index (χ1v) is 8.73. The summed E-state index contributed by atoms with van der Waals surface area (Å²) in [5.41, 5.74) is 0.517. The largest absolute Gasteiger partial charge is 0.311 e. The van der Waals surface area contributed by atoms with Gasteiger partial charge in [0.1, 0.15) is 0 Å². The molecule has 3 unspecified atom stereocenters. The van der Waals surface area contributed by atoms with Gasteiger partial charge < -0.3 is 5.32 Å². The van der Waals surface area contributed by atoms with Gasteiger partial charge in [-0.3, -0.25) is 0 Å². The van der Waals surface area contributed by atoms with Gasteiger partial charge >= 0.3 is 0 Å². The summed E-state index contributed by atoms with van der Waals surface area (Å²) in [5.74, 6) is 1.85. The lowest BCUT2D eigenvalue weighted by Gasteiger charge is -2.43. The molecule has 0 heterocycles. The second-order valence-electron chi connectivity index (χ2n) is 8.31. The monoisotopic (exact) mass is 265 g/mol. The minimum atomic E-state index is 0.517. The summed E-state index contributed by atoms with van der Waals surface area (Å²) in [4.78, 5) is 0. The Bertz CT molecular complexity index is 269. The summed E-state index contributed by atoms with van der Waals surface area (Å²) in [5, 5.41) is 4.05. The Morgan fingerprint density at radius 1 is 1.05 bits per heavy atom. The summed E-state index contributed by atoms with van der Waals surface area (Å²) in [6.45, 7) is 9.69. The van der Waals surface area contributed by atoms with Crippen LogP contribution >= 0.6 is 0 Å². The van der Waals surface area contributed by atoms with Crippen molar-refractivity contribution >= 4 is 0 Å². The van der Waals surface area contributed by atoms with E-state index in [9.17, 15) is 0 Å². The van der Waals surface area contributed by atoms with Gasteiger partial charge in [-0.05, 0) is 49.4 Å². The molecule has 0 aromatic carbocycles. The van der Waals surface area contributed by atoms with Crippen molar-refractivity contribution in [1.82, 2.24) is 5.32 Å². The van der Waals surface area contributed by atoms with E-state index < -0.39 is 0 Å². The third-order valence-electron chi connectivity index (χ3n) is 5.53. The molecule has 0 aromatic rings. The zero-order valence-corrected chi connectivity index (χ0v) is 13.7. The Kier molecular flexibility index (Phi) is 5.34. The quantitative estimate of drug-likeness (QED) is 0.741. The Balaban J connectivity index is 1.84. The first-order chi connectivity index (χ1) is 8.97. The third-order valence-corrected chi connectivity index (χ3v) is 5.53. The van der Waals surface area contributed by atoms with Crippen molar-refractivity contribution < 1.29 is 0 Å². The second-order valence-corrected chi connectivity index (χ2v) is 8.31. The molecule has 1 nitrogen and oxygen atoms in total. The van der Waals surface area contributed by atoms with Crippen molar-refractivity contribution in [3.63, 3.8) is 0 Å². The van der Waals surface area contributed by atoms with Crippen LogP contribution in [0.2, 0.25) is 0 Å². The first kappa shape index (κ1) is 15.4. The molecular weight excluding hydrogens is 230 g/mol. The van der Waals surface area contributed by atoms with Gasteiger partial charge in [-0.25, -0.2) is 0 Å². The van der Waals surface area contributed by atoms with Crippen LogP contribution in [-0.2, 0) is 0 Å². The smallest absolute Gasteiger partial charge is 0.0121 e. The van der Waals surface area contributed by atoms with Gasteiger partial charge in [0.25, 0.3) is 0 Å². The maximum absolute atomic E-state index is 4.05. The average molecular weight is 265 g/mol. The van der Waals surface area contributed by atoms with Crippen LogP contribution in [0.4, 0.5) is 0 Å². The van der Waals surface area contributed by atoms with Gasteiger partial charge in [-0.1, -0.05) is 53.4 Å². The van der Waals surface area contributed by atoms with E-state index in [1.165, 1.54) is 57.8 Å². The Morgan fingerprint density at radius 3 is 2.53 bits per heavy atom. The zero-order chi connectivity index (χ0) is 13.9. The van der Waals surface area contributed by atoms with Gasteiger partial charge in [0.2, 0.25) is 0 Å². The predicted octanol–water partition coefficient (Wildman–Crippen LogP) is 5.15. The predicted molar refractivity (Wildman–Crippen MR) is 84.4 cm³/mol. The molecule has 2 rings (SSSR count). The van der Waals surface area contributed by atoms with Crippen LogP contribution in [0.3, 0.4) is 0 Å². The van der Waals surface area contributed by atoms with Crippen molar-refractivity contribution in [3.05, 3.63) is 0 Å². The number of nitrogens with one attached hydrogen (secondary N) is 1. The molecule has 0 bridgehead atoms. The molecule has 19 heavy (non-hydrogen) atoms. The van der Waals surface area contributed by atoms with Crippen LogP contribution in [0.15, 0.2) is 0 Å². The molecule has 0 aliphatic heterocycles. The average Bonchev–Trinajstić information content (AvgIpc) is 2.31. The Morgan fingerprint density at radius 2 is 1.84 bits per heavy atom. The number of hydrogen-bond donors (Lipinski definition) is 1. The van der Waals surface area contributed by atoms with Crippen molar-refractivity contribution in [3.8, 4) is 0 Å². The van der Waals surface area contributed by atoms with Crippen LogP contribution in [0.25, 0.3) is 0 Å². The Hall–Kier alpha value is -0.0400. The molecule has 2 aliphatic carbocycles. The van der Waals surface area contributed by atoms with Crippen molar-refractivity contribution in [1.29, 1.82) is 0 Å². The molecule has 2 aliphatic rings. The van der Waals surface area contributed by atoms with Gasteiger partial charge in [0.15, 0.2) is 0 Å². The van der Waals surface area contributed by atoms with Gasteiger partial charge in [0.05, 0.1) is 0 Å². The minimum absolute atomic E-state index is 0.517. The molecule has 2 fully saturated rings. The van der Waals surface area contributed by atoms with Crippen molar-refractivity contribution in [2.24, 2.45) is 17.3 Å². The Labute approximate surface area is 120 Å². The molecule has 1 heteroatoms. The molecule has 112 valence electrons. The highest BCUT2D eigenvalue weighted by Gasteiger charge is 2.34. The zero-order valence-electron chi connectivity index (χ0n) is 13.7.